The summed E-state index contributed by atoms with van der Waals surface area (Å²) in [6.07, 6.45) is 2.32. The molecule has 0 saturated carbocycles. The minimum Gasteiger partial charge on any atom is -0.379 e. The van der Waals surface area contributed by atoms with E-state index in [4.69, 9.17) is 18.9 Å². The fraction of sp³-hybridized carbons (Fsp3) is 0.944. The minimum atomic E-state index is 0. The van der Waals surface area contributed by atoms with Gasteiger partial charge in [-0.2, -0.15) is 0 Å². The van der Waals surface area contributed by atoms with E-state index < -0.39 is 0 Å². The number of ketones is 1. The van der Waals surface area contributed by atoms with Crippen molar-refractivity contribution in [3.8, 4) is 0 Å². The van der Waals surface area contributed by atoms with Gasteiger partial charge in [0.05, 0.1) is 39.6 Å². The number of carbonyl (C=O) groups is 1. The van der Waals surface area contributed by atoms with Crippen LogP contribution in [0.25, 0.3) is 0 Å². The highest BCUT2D eigenvalue weighted by atomic mass is 16.6. The maximum atomic E-state index is 11.3. The molecule has 0 rings (SSSR count). The lowest BCUT2D eigenvalue weighted by atomic mass is 10.1. The van der Waals surface area contributed by atoms with Crippen molar-refractivity contribution in [2.24, 2.45) is 11.8 Å². The molecule has 0 aromatic rings. The van der Waals surface area contributed by atoms with Gasteiger partial charge in [-0.15, -0.1) is 0 Å². The molecule has 0 bridgehead atoms. The van der Waals surface area contributed by atoms with Gasteiger partial charge in [0.1, 0.15) is 6.61 Å². The first kappa shape index (κ1) is 24.8. The van der Waals surface area contributed by atoms with Crippen LogP contribution in [0.5, 0.6) is 0 Å². The standard InChI is InChI=1S/C17H34O5.CH4/c1-15(2)6-5-7-19-8-9-20-10-11-21-12-13-22-14-17(18)16(3)4;/h15-16H,5-14H2,1-4H3;1H4. The first-order valence-corrected chi connectivity index (χ1v) is 8.37. The van der Waals surface area contributed by atoms with Crippen LogP contribution >= 0.6 is 0 Å². The predicted molar refractivity (Wildman–Crippen MR) is 93.9 cm³/mol. The van der Waals surface area contributed by atoms with Crippen molar-refractivity contribution < 1.29 is 23.7 Å². The smallest absolute Gasteiger partial charge is 0.160 e. The Kier molecular flexibility index (Phi) is 19.2. The second-order valence-corrected chi connectivity index (χ2v) is 6.05. The molecular formula is C18H38O5. The molecule has 0 heterocycles. The normalized spacial score (nSPS) is 11.0. The lowest BCUT2D eigenvalue weighted by Crippen LogP contribution is -2.17. The number of ether oxygens (including phenoxy) is 4. The lowest BCUT2D eigenvalue weighted by Gasteiger charge is -2.08. The molecule has 0 fully saturated rings. The van der Waals surface area contributed by atoms with E-state index in [1.54, 1.807) is 0 Å². The van der Waals surface area contributed by atoms with Gasteiger partial charge in [0, 0.05) is 12.5 Å². The molecule has 0 radical (unpaired) electrons. The second-order valence-electron chi connectivity index (χ2n) is 6.05. The molecule has 0 amide bonds. The molecular weight excluding hydrogens is 296 g/mol. The minimum absolute atomic E-state index is 0. The van der Waals surface area contributed by atoms with Crippen molar-refractivity contribution in [1.82, 2.24) is 0 Å². The van der Waals surface area contributed by atoms with Crippen molar-refractivity contribution >= 4 is 5.78 Å². The van der Waals surface area contributed by atoms with E-state index in [1.807, 2.05) is 13.8 Å². The molecule has 140 valence electrons. The molecule has 23 heavy (non-hydrogen) atoms. The number of carbonyl (C=O) groups excluding carboxylic acids is 1. The number of Topliss-reactive ketones (excluding diaryl/α,β-unsaturated/α-hetero) is 1. The molecule has 0 spiro atoms. The fourth-order valence-corrected chi connectivity index (χ4v) is 1.59. The molecule has 5 heteroatoms. The van der Waals surface area contributed by atoms with Crippen LogP contribution in [0, 0.1) is 11.8 Å². The Morgan fingerprint density at radius 3 is 1.61 bits per heavy atom. The predicted octanol–water partition coefficient (Wildman–Crippen LogP) is 3.35. The van der Waals surface area contributed by atoms with Crippen molar-refractivity contribution in [2.75, 3.05) is 52.9 Å². The average Bonchev–Trinajstić information content (AvgIpc) is 2.46. The summed E-state index contributed by atoms with van der Waals surface area (Å²) >= 11 is 0. The second kappa shape index (κ2) is 17.9. The molecule has 0 atom stereocenters. The summed E-state index contributed by atoms with van der Waals surface area (Å²) in [5.74, 6) is 0.892. The first-order chi connectivity index (χ1) is 10.5. The Labute approximate surface area is 143 Å². The zero-order valence-electron chi connectivity index (χ0n) is 14.8. The van der Waals surface area contributed by atoms with E-state index in [2.05, 4.69) is 13.8 Å². The number of hydrogen-bond acceptors (Lipinski definition) is 5. The number of hydrogen-bond donors (Lipinski definition) is 0. The average molecular weight is 334 g/mol. The third kappa shape index (κ3) is 19.5. The van der Waals surface area contributed by atoms with E-state index in [1.165, 1.54) is 6.42 Å². The van der Waals surface area contributed by atoms with Crippen LogP contribution in [0.1, 0.15) is 48.0 Å². The van der Waals surface area contributed by atoms with Gasteiger partial charge >= 0.3 is 0 Å². The summed E-state index contributed by atoms with van der Waals surface area (Å²) < 4.78 is 21.4. The topological polar surface area (TPSA) is 54.0 Å². The van der Waals surface area contributed by atoms with E-state index >= 15 is 0 Å². The maximum absolute atomic E-state index is 11.3. The molecule has 0 aromatic carbocycles. The van der Waals surface area contributed by atoms with Crippen LogP contribution in [-0.2, 0) is 23.7 Å². The molecule has 0 aromatic heterocycles. The van der Waals surface area contributed by atoms with Gasteiger partial charge in [-0.3, -0.25) is 4.79 Å². The van der Waals surface area contributed by atoms with E-state index in [0.717, 1.165) is 18.9 Å². The van der Waals surface area contributed by atoms with Crippen LogP contribution in [0.4, 0.5) is 0 Å². The van der Waals surface area contributed by atoms with Gasteiger partial charge in [0.15, 0.2) is 5.78 Å². The van der Waals surface area contributed by atoms with Crippen molar-refractivity contribution in [3.63, 3.8) is 0 Å². The number of rotatable bonds is 16. The van der Waals surface area contributed by atoms with Gasteiger partial charge in [0.25, 0.3) is 0 Å². The molecule has 0 aliphatic carbocycles. The molecule has 0 aliphatic heterocycles. The van der Waals surface area contributed by atoms with Gasteiger partial charge in [-0.25, -0.2) is 0 Å². The summed E-state index contributed by atoms with van der Waals surface area (Å²) in [5.41, 5.74) is 0. The highest BCUT2D eigenvalue weighted by Crippen LogP contribution is 2.02. The summed E-state index contributed by atoms with van der Waals surface area (Å²) in [4.78, 5) is 11.3. The molecule has 0 unspecified atom stereocenters. The van der Waals surface area contributed by atoms with Crippen LogP contribution in [0.2, 0.25) is 0 Å². The zero-order valence-corrected chi connectivity index (χ0v) is 14.8. The van der Waals surface area contributed by atoms with Gasteiger partial charge < -0.3 is 18.9 Å². The lowest BCUT2D eigenvalue weighted by molar-refractivity contribution is -0.127. The summed E-state index contributed by atoms with van der Waals surface area (Å²) in [5, 5.41) is 0. The monoisotopic (exact) mass is 334 g/mol. The van der Waals surface area contributed by atoms with Crippen molar-refractivity contribution in [2.45, 2.75) is 48.0 Å². The quantitative estimate of drug-likeness (QED) is 0.405. The van der Waals surface area contributed by atoms with Crippen LogP contribution in [0.15, 0.2) is 0 Å². The Morgan fingerprint density at radius 2 is 1.17 bits per heavy atom. The van der Waals surface area contributed by atoms with Crippen LogP contribution in [-0.4, -0.2) is 58.6 Å². The highest BCUT2D eigenvalue weighted by Gasteiger charge is 2.06. The fourth-order valence-electron chi connectivity index (χ4n) is 1.59. The highest BCUT2D eigenvalue weighted by molar-refractivity contribution is 5.81. The third-order valence-corrected chi connectivity index (χ3v) is 3.07. The Morgan fingerprint density at radius 1 is 0.739 bits per heavy atom. The van der Waals surface area contributed by atoms with E-state index in [0.29, 0.717) is 39.6 Å². The molecule has 0 N–H and O–H groups in total. The first-order valence-electron chi connectivity index (χ1n) is 8.37. The molecule has 0 saturated heterocycles. The Balaban J connectivity index is 0. The van der Waals surface area contributed by atoms with Crippen molar-refractivity contribution in [3.05, 3.63) is 0 Å². The maximum Gasteiger partial charge on any atom is 0.160 e. The van der Waals surface area contributed by atoms with Crippen molar-refractivity contribution in [1.29, 1.82) is 0 Å². The van der Waals surface area contributed by atoms with E-state index in [9.17, 15) is 4.79 Å². The Bertz CT molecular complexity index is 254. The Hall–Kier alpha value is -0.490. The van der Waals surface area contributed by atoms with E-state index in [-0.39, 0.29) is 25.7 Å². The zero-order chi connectivity index (χ0) is 16.6. The van der Waals surface area contributed by atoms with Crippen LogP contribution < -0.4 is 0 Å². The van der Waals surface area contributed by atoms with Gasteiger partial charge in [-0.1, -0.05) is 35.1 Å². The largest absolute Gasteiger partial charge is 0.379 e. The van der Waals surface area contributed by atoms with Gasteiger partial charge in [-0.05, 0) is 18.8 Å². The van der Waals surface area contributed by atoms with Crippen LogP contribution in [0.3, 0.4) is 0 Å². The third-order valence-electron chi connectivity index (χ3n) is 3.07. The summed E-state index contributed by atoms with van der Waals surface area (Å²) in [6.45, 7) is 12.4. The summed E-state index contributed by atoms with van der Waals surface area (Å²) in [6, 6.07) is 0. The van der Waals surface area contributed by atoms with Gasteiger partial charge in [0.2, 0.25) is 0 Å². The molecule has 0 aliphatic rings. The summed E-state index contributed by atoms with van der Waals surface area (Å²) in [7, 11) is 0. The SMILES string of the molecule is C.CC(C)CCCOCCOCCOCCOCC(=O)C(C)C. The molecule has 5 nitrogen and oxygen atoms in total.